The maximum Gasteiger partial charge on any atom is 0.243 e. The maximum absolute atomic E-state index is 13.3. The normalized spacial score (nSPS) is 20.9. The molecule has 1 saturated heterocycles. The van der Waals surface area contributed by atoms with E-state index in [-0.39, 0.29) is 5.60 Å². The Bertz CT molecular complexity index is 834. The molecular weight excluding hydrogens is 350 g/mol. The first-order valence-corrected chi connectivity index (χ1v) is 10.6. The maximum atomic E-state index is 13.3. The van der Waals surface area contributed by atoms with E-state index >= 15 is 0 Å². The van der Waals surface area contributed by atoms with E-state index in [1.165, 1.54) is 5.57 Å². The molecule has 144 valence electrons. The minimum Gasteiger partial charge on any atom is -0.496 e. The minimum absolute atomic E-state index is 0.283. The fourth-order valence-electron chi connectivity index (χ4n) is 4.13. The van der Waals surface area contributed by atoms with Crippen LogP contribution in [0, 0.1) is 20.8 Å². The van der Waals surface area contributed by atoms with Crippen molar-refractivity contribution in [2.24, 2.45) is 0 Å². The second kappa shape index (κ2) is 6.98. The Labute approximate surface area is 157 Å². The molecule has 0 radical (unpaired) electrons. The molecule has 0 unspecified atom stereocenters. The van der Waals surface area contributed by atoms with E-state index < -0.39 is 10.0 Å². The summed E-state index contributed by atoms with van der Waals surface area (Å²) in [5.41, 5.74) is 3.43. The smallest absolute Gasteiger partial charge is 0.243 e. The van der Waals surface area contributed by atoms with Gasteiger partial charge in [0.1, 0.15) is 5.75 Å². The van der Waals surface area contributed by atoms with Crippen LogP contribution in [0.2, 0.25) is 0 Å². The molecule has 3 rings (SSSR count). The van der Waals surface area contributed by atoms with E-state index in [1.54, 1.807) is 11.4 Å². The molecule has 0 aromatic heterocycles. The monoisotopic (exact) mass is 379 g/mol. The number of piperidine rings is 1. The van der Waals surface area contributed by atoms with Gasteiger partial charge in [0.05, 0.1) is 24.2 Å². The molecule has 26 heavy (non-hydrogen) atoms. The quantitative estimate of drug-likeness (QED) is 0.754. The van der Waals surface area contributed by atoms with Gasteiger partial charge in [0.15, 0.2) is 0 Å². The lowest BCUT2D eigenvalue weighted by molar-refractivity contribution is -0.0462. The number of nitrogens with zero attached hydrogens (tertiary/aromatic N) is 1. The number of aryl methyl sites for hydroxylation is 1. The highest BCUT2D eigenvalue weighted by Gasteiger charge is 2.40. The molecular formula is C20H29NO4S. The van der Waals surface area contributed by atoms with E-state index in [2.05, 4.69) is 13.0 Å². The van der Waals surface area contributed by atoms with Crippen LogP contribution in [0.4, 0.5) is 0 Å². The van der Waals surface area contributed by atoms with Crippen LogP contribution in [-0.4, -0.2) is 45.1 Å². The van der Waals surface area contributed by atoms with Gasteiger partial charge in [0.25, 0.3) is 0 Å². The first-order valence-electron chi connectivity index (χ1n) is 9.17. The van der Waals surface area contributed by atoms with Gasteiger partial charge in [-0.3, -0.25) is 0 Å². The number of rotatable bonds is 3. The number of hydrogen-bond acceptors (Lipinski definition) is 4. The van der Waals surface area contributed by atoms with Crippen molar-refractivity contribution in [3.63, 3.8) is 0 Å². The summed E-state index contributed by atoms with van der Waals surface area (Å²) in [6.45, 7) is 9.42. The zero-order chi connectivity index (χ0) is 19.1. The second-order valence-electron chi connectivity index (χ2n) is 7.53. The Balaban J connectivity index is 1.89. The minimum atomic E-state index is -3.54. The Morgan fingerprint density at radius 3 is 2.35 bits per heavy atom. The summed E-state index contributed by atoms with van der Waals surface area (Å²) in [7, 11) is -1.93. The fraction of sp³-hybridized carbons (Fsp3) is 0.600. The van der Waals surface area contributed by atoms with Crippen molar-refractivity contribution >= 4 is 10.0 Å². The lowest BCUT2D eigenvalue weighted by Crippen LogP contribution is -2.48. The standard InChI is InChI=1S/C20H29NO4S/c1-14-6-11-25-20(13-14)7-9-21(10-8-20)26(22,23)19-15(2)12-18(24-5)16(3)17(19)4/h12-13H,6-11H2,1-5H3. The van der Waals surface area contributed by atoms with Gasteiger partial charge in [-0.15, -0.1) is 0 Å². The van der Waals surface area contributed by atoms with Crippen molar-refractivity contribution in [3.05, 3.63) is 34.4 Å². The Morgan fingerprint density at radius 1 is 1.12 bits per heavy atom. The molecule has 1 aromatic carbocycles. The lowest BCUT2D eigenvalue weighted by Gasteiger charge is -2.41. The third-order valence-electron chi connectivity index (χ3n) is 5.76. The molecule has 0 saturated carbocycles. The number of hydrogen-bond donors (Lipinski definition) is 0. The Morgan fingerprint density at radius 2 is 1.77 bits per heavy atom. The molecule has 1 spiro atoms. The number of methoxy groups -OCH3 is 1. The molecule has 2 aliphatic rings. The summed E-state index contributed by atoms with van der Waals surface area (Å²) < 4.78 is 39.7. The highest BCUT2D eigenvalue weighted by Crippen LogP contribution is 2.37. The molecule has 5 nitrogen and oxygen atoms in total. The molecule has 0 amide bonds. The number of benzene rings is 1. The SMILES string of the molecule is COc1cc(C)c(S(=O)(=O)N2CCC3(C=C(C)CCO3)CC2)c(C)c1C. The number of ether oxygens (including phenoxy) is 2. The average molecular weight is 380 g/mol. The van der Waals surface area contributed by atoms with Crippen molar-refractivity contribution < 1.29 is 17.9 Å². The largest absolute Gasteiger partial charge is 0.496 e. The van der Waals surface area contributed by atoms with Crippen molar-refractivity contribution in [1.29, 1.82) is 0 Å². The van der Waals surface area contributed by atoms with Crippen molar-refractivity contribution in [3.8, 4) is 5.75 Å². The molecule has 6 heteroatoms. The van der Waals surface area contributed by atoms with Gasteiger partial charge in [-0.05, 0) is 69.7 Å². The predicted octanol–water partition coefficient (Wildman–Crippen LogP) is 3.51. The van der Waals surface area contributed by atoms with Crippen molar-refractivity contribution in [1.82, 2.24) is 4.31 Å². The van der Waals surface area contributed by atoms with Crippen molar-refractivity contribution in [2.45, 2.75) is 57.5 Å². The zero-order valence-electron chi connectivity index (χ0n) is 16.4. The number of sulfonamides is 1. The summed E-state index contributed by atoms with van der Waals surface area (Å²) in [4.78, 5) is 0.419. The average Bonchev–Trinajstić information content (AvgIpc) is 2.58. The molecule has 0 N–H and O–H groups in total. The van der Waals surface area contributed by atoms with Gasteiger partial charge in [0.2, 0.25) is 10.0 Å². The van der Waals surface area contributed by atoms with E-state index in [0.717, 1.165) is 35.5 Å². The first kappa shape index (κ1) is 19.4. The van der Waals surface area contributed by atoms with Gasteiger partial charge in [0, 0.05) is 13.1 Å². The van der Waals surface area contributed by atoms with Gasteiger partial charge in [-0.25, -0.2) is 8.42 Å². The van der Waals surface area contributed by atoms with Gasteiger partial charge in [-0.2, -0.15) is 4.31 Å². The summed E-state index contributed by atoms with van der Waals surface area (Å²) >= 11 is 0. The van der Waals surface area contributed by atoms with E-state index in [4.69, 9.17) is 9.47 Å². The topological polar surface area (TPSA) is 55.8 Å². The molecule has 0 aliphatic carbocycles. The Hall–Kier alpha value is -1.37. The van der Waals surface area contributed by atoms with E-state index in [1.807, 2.05) is 26.8 Å². The van der Waals surface area contributed by atoms with Crippen LogP contribution in [0.5, 0.6) is 5.75 Å². The summed E-state index contributed by atoms with van der Waals surface area (Å²) in [5.74, 6) is 0.729. The predicted molar refractivity (Wildman–Crippen MR) is 102 cm³/mol. The lowest BCUT2D eigenvalue weighted by atomic mass is 9.88. The van der Waals surface area contributed by atoms with Crippen LogP contribution < -0.4 is 4.74 Å². The van der Waals surface area contributed by atoms with Crippen LogP contribution >= 0.6 is 0 Å². The van der Waals surface area contributed by atoms with Crippen molar-refractivity contribution in [2.75, 3.05) is 26.8 Å². The van der Waals surface area contributed by atoms with Crippen LogP contribution in [0.25, 0.3) is 0 Å². The molecule has 2 aliphatic heterocycles. The molecule has 0 bridgehead atoms. The third kappa shape index (κ3) is 3.30. The summed E-state index contributed by atoms with van der Waals surface area (Å²) in [6, 6.07) is 1.82. The molecule has 1 aromatic rings. The van der Waals surface area contributed by atoms with Crippen LogP contribution in [0.15, 0.2) is 22.6 Å². The highest BCUT2D eigenvalue weighted by molar-refractivity contribution is 7.89. The molecule has 1 fully saturated rings. The van der Waals surface area contributed by atoms with Crippen LogP contribution in [0.1, 0.15) is 42.9 Å². The molecule has 0 atom stereocenters. The van der Waals surface area contributed by atoms with Crippen LogP contribution in [0.3, 0.4) is 0 Å². The van der Waals surface area contributed by atoms with E-state index in [0.29, 0.717) is 30.8 Å². The molecule has 2 heterocycles. The first-order chi connectivity index (χ1) is 12.2. The zero-order valence-corrected chi connectivity index (χ0v) is 17.2. The second-order valence-corrected chi connectivity index (χ2v) is 9.41. The van der Waals surface area contributed by atoms with E-state index in [9.17, 15) is 8.42 Å². The summed E-state index contributed by atoms with van der Waals surface area (Å²) in [6.07, 6.45) is 4.58. The highest BCUT2D eigenvalue weighted by atomic mass is 32.2. The van der Waals surface area contributed by atoms with Gasteiger partial charge >= 0.3 is 0 Å². The Kier molecular flexibility index (Phi) is 5.21. The third-order valence-corrected chi connectivity index (χ3v) is 7.95. The van der Waals surface area contributed by atoms with Gasteiger partial charge < -0.3 is 9.47 Å². The van der Waals surface area contributed by atoms with Gasteiger partial charge in [-0.1, -0.05) is 11.6 Å². The fourth-order valence-corrected chi connectivity index (χ4v) is 6.06. The summed E-state index contributed by atoms with van der Waals surface area (Å²) in [5, 5.41) is 0. The van der Waals surface area contributed by atoms with Crippen LogP contribution in [-0.2, 0) is 14.8 Å².